The molecule has 11 heteroatoms. The van der Waals surface area contributed by atoms with E-state index in [2.05, 4.69) is 14.8 Å². The molecule has 0 aromatic heterocycles. The maximum atomic E-state index is 12.8. The molecule has 0 bridgehead atoms. The molecule has 2 N–H and O–H groups in total. The Bertz CT molecular complexity index is 1320. The molecule has 0 radical (unpaired) electrons. The number of hydrogen-bond donors (Lipinski definition) is 2. The molecule has 3 aromatic carbocycles. The first kappa shape index (κ1) is 21.7. The summed E-state index contributed by atoms with van der Waals surface area (Å²) in [5, 5.41) is 2.51. The van der Waals surface area contributed by atoms with Crippen molar-refractivity contribution in [2.45, 2.75) is 11.3 Å². The number of halogens is 3. The molecule has 1 aliphatic rings. The highest BCUT2D eigenvalue weighted by Crippen LogP contribution is 2.40. The van der Waals surface area contributed by atoms with Crippen molar-refractivity contribution in [2.24, 2.45) is 0 Å². The van der Waals surface area contributed by atoms with E-state index in [1.165, 1.54) is 37.4 Å². The standard InChI is InChI=1S/C21H15F3N2O5S/c1-25-32(28,29)15-4-2-3-12(9-15)13-5-7-18-16(10-13)20(27)26-17-11-14(31-21(22,23)24)6-8-19(17)30-18/h2-11,25H,1H3,(H,26,27). The monoisotopic (exact) mass is 464 g/mol. The highest BCUT2D eigenvalue weighted by atomic mass is 32.2. The van der Waals surface area contributed by atoms with Crippen LogP contribution >= 0.6 is 0 Å². The first-order valence-corrected chi connectivity index (χ1v) is 10.6. The van der Waals surface area contributed by atoms with E-state index in [0.717, 1.165) is 12.1 Å². The van der Waals surface area contributed by atoms with Gasteiger partial charge in [0, 0.05) is 6.07 Å². The Labute approximate surface area is 180 Å². The predicted octanol–water partition coefficient (Wildman–Crippen LogP) is 4.52. The van der Waals surface area contributed by atoms with Crippen molar-refractivity contribution in [3.8, 4) is 28.4 Å². The summed E-state index contributed by atoms with van der Waals surface area (Å²) in [6.45, 7) is 0. The third-order valence-electron chi connectivity index (χ3n) is 4.62. The smallest absolute Gasteiger partial charge is 0.454 e. The van der Waals surface area contributed by atoms with Crippen LogP contribution in [0.25, 0.3) is 11.1 Å². The van der Waals surface area contributed by atoms with Gasteiger partial charge in [-0.15, -0.1) is 13.2 Å². The molecule has 1 aliphatic heterocycles. The van der Waals surface area contributed by atoms with Gasteiger partial charge in [0.1, 0.15) is 11.5 Å². The molecule has 0 saturated heterocycles. The van der Waals surface area contributed by atoms with Gasteiger partial charge in [-0.3, -0.25) is 4.79 Å². The number of amides is 1. The lowest BCUT2D eigenvalue weighted by Gasteiger charge is -2.12. The number of sulfonamides is 1. The first-order valence-electron chi connectivity index (χ1n) is 9.13. The second-order valence-electron chi connectivity index (χ2n) is 6.71. The molecule has 1 amide bonds. The first-order chi connectivity index (χ1) is 15.1. The number of benzene rings is 3. The van der Waals surface area contributed by atoms with E-state index in [-0.39, 0.29) is 27.6 Å². The number of anilines is 1. The third kappa shape index (κ3) is 4.39. The van der Waals surface area contributed by atoms with Crippen LogP contribution in [0.2, 0.25) is 0 Å². The molecule has 4 rings (SSSR count). The van der Waals surface area contributed by atoms with Gasteiger partial charge in [-0.2, -0.15) is 0 Å². The van der Waals surface area contributed by atoms with E-state index >= 15 is 0 Å². The number of carbonyl (C=O) groups excluding carboxylic acids is 1. The summed E-state index contributed by atoms with van der Waals surface area (Å²) in [7, 11) is -2.36. The summed E-state index contributed by atoms with van der Waals surface area (Å²) >= 11 is 0. The molecule has 1 heterocycles. The highest BCUT2D eigenvalue weighted by Gasteiger charge is 2.32. The lowest BCUT2D eigenvalue weighted by molar-refractivity contribution is -0.274. The second kappa shape index (κ2) is 7.84. The Morgan fingerprint density at radius 2 is 1.69 bits per heavy atom. The Morgan fingerprint density at radius 1 is 0.969 bits per heavy atom. The van der Waals surface area contributed by atoms with E-state index in [1.807, 2.05) is 0 Å². The number of nitrogens with one attached hydrogen (secondary N) is 2. The Kier molecular flexibility index (Phi) is 5.31. The molecule has 7 nitrogen and oxygen atoms in total. The molecular formula is C21H15F3N2O5S. The maximum Gasteiger partial charge on any atom is 0.573 e. The summed E-state index contributed by atoms with van der Waals surface area (Å²) in [5.41, 5.74) is 1.22. The summed E-state index contributed by atoms with van der Waals surface area (Å²) in [6, 6.07) is 14.2. The summed E-state index contributed by atoms with van der Waals surface area (Å²) in [6.07, 6.45) is -4.88. The zero-order chi connectivity index (χ0) is 23.1. The Balaban J connectivity index is 1.69. The van der Waals surface area contributed by atoms with Gasteiger partial charge in [0.25, 0.3) is 5.91 Å². The molecule has 0 atom stereocenters. The van der Waals surface area contributed by atoms with Crippen LogP contribution in [-0.4, -0.2) is 27.7 Å². The molecule has 166 valence electrons. The van der Waals surface area contributed by atoms with Crippen LogP contribution in [-0.2, 0) is 10.0 Å². The van der Waals surface area contributed by atoms with Crippen molar-refractivity contribution in [2.75, 3.05) is 12.4 Å². The van der Waals surface area contributed by atoms with Crippen molar-refractivity contribution >= 4 is 21.6 Å². The van der Waals surface area contributed by atoms with Crippen LogP contribution in [0.4, 0.5) is 18.9 Å². The number of fused-ring (bicyclic) bond motifs is 2. The van der Waals surface area contributed by atoms with E-state index in [1.54, 1.807) is 18.2 Å². The fourth-order valence-electron chi connectivity index (χ4n) is 3.14. The van der Waals surface area contributed by atoms with Gasteiger partial charge < -0.3 is 14.8 Å². The summed E-state index contributed by atoms with van der Waals surface area (Å²) < 4.78 is 73.5. The highest BCUT2D eigenvalue weighted by molar-refractivity contribution is 7.89. The zero-order valence-electron chi connectivity index (χ0n) is 16.4. The molecule has 0 spiro atoms. The van der Waals surface area contributed by atoms with Gasteiger partial charge in [0.05, 0.1) is 16.1 Å². The van der Waals surface area contributed by atoms with Gasteiger partial charge in [-0.25, -0.2) is 13.1 Å². The lowest BCUT2D eigenvalue weighted by Crippen LogP contribution is -2.18. The maximum absolute atomic E-state index is 12.8. The van der Waals surface area contributed by atoms with Gasteiger partial charge in [-0.05, 0) is 54.6 Å². The van der Waals surface area contributed by atoms with E-state index in [0.29, 0.717) is 11.1 Å². The van der Waals surface area contributed by atoms with Crippen LogP contribution in [0.5, 0.6) is 17.2 Å². The topological polar surface area (TPSA) is 93.7 Å². The molecule has 0 unspecified atom stereocenters. The van der Waals surface area contributed by atoms with Gasteiger partial charge in [0.15, 0.2) is 5.75 Å². The van der Waals surface area contributed by atoms with E-state index < -0.39 is 28.0 Å². The number of rotatable bonds is 4. The second-order valence-corrected chi connectivity index (χ2v) is 8.59. The zero-order valence-corrected chi connectivity index (χ0v) is 17.2. The Hall–Kier alpha value is -3.57. The number of hydrogen-bond acceptors (Lipinski definition) is 5. The predicted molar refractivity (Wildman–Crippen MR) is 109 cm³/mol. The lowest BCUT2D eigenvalue weighted by atomic mass is 10.0. The molecular weight excluding hydrogens is 449 g/mol. The van der Waals surface area contributed by atoms with Crippen molar-refractivity contribution in [1.82, 2.24) is 4.72 Å². The van der Waals surface area contributed by atoms with E-state index in [4.69, 9.17) is 4.74 Å². The molecule has 0 aliphatic carbocycles. The van der Waals surface area contributed by atoms with Gasteiger partial charge >= 0.3 is 6.36 Å². The molecule has 32 heavy (non-hydrogen) atoms. The third-order valence-corrected chi connectivity index (χ3v) is 6.04. The largest absolute Gasteiger partial charge is 0.573 e. The SMILES string of the molecule is CNS(=O)(=O)c1cccc(-c2ccc3c(c2)C(=O)Nc2cc(OC(F)(F)F)ccc2O3)c1. The fraction of sp³-hybridized carbons (Fsp3) is 0.0952. The quantitative estimate of drug-likeness (QED) is 0.592. The van der Waals surface area contributed by atoms with Crippen LogP contribution in [0.3, 0.4) is 0 Å². The number of alkyl halides is 3. The summed E-state index contributed by atoms with van der Waals surface area (Å²) in [4.78, 5) is 12.8. The van der Waals surface area contributed by atoms with Crippen molar-refractivity contribution in [3.63, 3.8) is 0 Å². The number of ether oxygens (including phenoxy) is 2. The van der Waals surface area contributed by atoms with Gasteiger partial charge in [-0.1, -0.05) is 18.2 Å². The minimum absolute atomic E-state index is 0.0108. The van der Waals surface area contributed by atoms with Crippen LogP contribution in [0.15, 0.2) is 65.6 Å². The van der Waals surface area contributed by atoms with Crippen LogP contribution in [0.1, 0.15) is 10.4 Å². The van der Waals surface area contributed by atoms with Crippen molar-refractivity contribution in [1.29, 1.82) is 0 Å². The van der Waals surface area contributed by atoms with Gasteiger partial charge in [0.2, 0.25) is 10.0 Å². The minimum Gasteiger partial charge on any atom is -0.454 e. The average molecular weight is 464 g/mol. The average Bonchev–Trinajstić information content (AvgIpc) is 2.88. The number of carbonyl (C=O) groups is 1. The fourth-order valence-corrected chi connectivity index (χ4v) is 3.91. The van der Waals surface area contributed by atoms with Crippen LogP contribution in [0, 0.1) is 0 Å². The van der Waals surface area contributed by atoms with Crippen molar-refractivity contribution < 1.29 is 35.9 Å². The van der Waals surface area contributed by atoms with Crippen molar-refractivity contribution in [3.05, 3.63) is 66.2 Å². The van der Waals surface area contributed by atoms with E-state index in [9.17, 15) is 26.4 Å². The molecule has 3 aromatic rings. The normalized spacial score (nSPS) is 13.3. The molecule has 0 saturated carbocycles. The molecule has 0 fully saturated rings. The Morgan fingerprint density at radius 3 is 2.41 bits per heavy atom. The van der Waals surface area contributed by atoms with Crippen LogP contribution < -0.4 is 19.5 Å². The summed E-state index contributed by atoms with van der Waals surface area (Å²) in [5.74, 6) is -0.784. The minimum atomic E-state index is -4.88.